The van der Waals surface area contributed by atoms with Crippen LogP contribution in [0.4, 0.5) is 26.3 Å². The third-order valence-electron chi connectivity index (χ3n) is 4.60. The maximum atomic E-state index is 12.8. The number of hydrogen-bond donors (Lipinski definition) is 2. The number of aliphatic hydroxyl groups is 1. The molecule has 0 saturated heterocycles. The standard InChI is InChI=1S/C18H16F6N4O2/c1-8(10-3-5-11(6-4-10)17(19,20)21)28-15-14(16(30)26-9(2)25-15)12(27-28)7-13(29)18(22,23)24/h3-6,8,13,29H,7H2,1-2H3,(H,25,26,30). The Morgan fingerprint density at radius 3 is 2.27 bits per heavy atom. The average molecular weight is 434 g/mol. The number of nitrogens with zero attached hydrogens (tertiary/aromatic N) is 3. The maximum absolute atomic E-state index is 12.8. The van der Waals surface area contributed by atoms with Crippen molar-refractivity contribution in [1.82, 2.24) is 19.7 Å². The van der Waals surface area contributed by atoms with E-state index >= 15 is 0 Å². The number of aromatic amines is 1. The molecule has 0 aliphatic heterocycles. The van der Waals surface area contributed by atoms with Crippen molar-refractivity contribution in [3.63, 3.8) is 0 Å². The van der Waals surface area contributed by atoms with Gasteiger partial charge >= 0.3 is 12.4 Å². The van der Waals surface area contributed by atoms with Crippen molar-refractivity contribution >= 4 is 11.0 Å². The van der Waals surface area contributed by atoms with E-state index in [9.17, 15) is 36.2 Å². The molecule has 0 spiro atoms. The van der Waals surface area contributed by atoms with E-state index in [-0.39, 0.29) is 22.6 Å². The molecule has 6 nitrogen and oxygen atoms in total. The predicted molar refractivity (Wildman–Crippen MR) is 93.9 cm³/mol. The first-order valence-corrected chi connectivity index (χ1v) is 8.69. The Morgan fingerprint density at radius 2 is 1.73 bits per heavy atom. The van der Waals surface area contributed by atoms with Crippen LogP contribution in [0.15, 0.2) is 29.1 Å². The molecule has 0 saturated carbocycles. The van der Waals surface area contributed by atoms with Crippen LogP contribution in [-0.2, 0) is 12.6 Å². The lowest BCUT2D eigenvalue weighted by Crippen LogP contribution is -2.31. The van der Waals surface area contributed by atoms with E-state index in [0.29, 0.717) is 5.56 Å². The zero-order valence-electron chi connectivity index (χ0n) is 15.6. The van der Waals surface area contributed by atoms with Crippen LogP contribution < -0.4 is 5.56 Å². The first-order valence-electron chi connectivity index (χ1n) is 8.69. The summed E-state index contributed by atoms with van der Waals surface area (Å²) in [6.45, 7) is 3.02. The van der Waals surface area contributed by atoms with Gasteiger partial charge in [0.05, 0.1) is 17.3 Å². The molecule has 12 heteroatoms. The normalized spacial score (nSPS) is 14.8. The van der Waals surface area contributed by atoms with Gasteiger partial charge in [0.1, 0.15) is 11.2 Å². The third kappa shape index (κ3) is 4.18. The largest absolute Gasteiger partial charge is 0.416 e. The van der Waals surface area contributed by atoms with Crippen molar-refractivity contribution < 1.29 is 31.4 Å². The van der Waals surface area contributed by atoms with E-state index in [1.807, 2.05) is 0 Å². The molecule has 0 aliphatic carbocycles. The van der Waals surface area contributed by atoms with Crippen LogP contribution in [0, 0.1) is 6.92 Å². The summed E-state index contributed by atoms with van der Waals surface area (Å²) in [6, 6.07) is 3.42. The number of hydrogen-bond acceptors (Lipinski definition) is 4. The highest BCUT2D eigenvalue weighted by molar-refractivity contribution is 5.77. The van der Waals surface area contributed by atoms with Crippen LogP contribution in [0.25, 0.3) is 11.0 Å². The number of nitrogens with one attached hydrogen (secondary N) is 1. The first-order chi connectivity index (χ1) is 13.8. The molecule has 3 rings (SSSR count). The van der Waals surface area contributed by atoms with Gasteiger partial charge in [-0.25, -0.2) is 9.67 Å². The highest BCUT2D eigenvalue weighted by atomic mass is 19.4. The monoisotopic (exact) mass is 434 g/mol. The molecule has 162 valence electrons. The summed E-state index contributed by atoms with van der Waals surface area (Å²) >= 11 is 0. The Kier molecular flexibility index (Phi) is 5.39. The molecular formula is C18H16F6N4O2. The highest BCUT2D eigenvalue weighted by Crippen LogP contribution is 2.31. The maximum Gasteiger partial charge on any atom is 0.416 e. The van der Waals surface area contributed by atoms with Crippen molar-refractivity contribution in [2.75, 3.05) is 0 Å². The summed E-state index contributed by atoms with van der Waals surface area (Å²) in [6.07, 6.45) is -13.2. The molecule has 2 N–H and O–H groups in total. The number of benzene rings is 1. The average Bonchev–Trinajstić information content (AvgIpc) is 2.98. The number of halogens is 6. The molecule has 0 fully saturated rings. The van der Waals surface area contributed by atoms with Gasteiger partial charge in [-0.2, -0.15) is 31.4 Å². The first kappa shape index (κ1) is 21.8. The summed E-state index contributed by atoms with van der Waals surface area (Å²) in [4.78, 5) is 18.8. The highest BCUT2D eigenvalue weighted by Gasteiger charge is 2.39. The minimum absolute atomic E-state index is 0.0342. The molecule has 0 radical (unpaired) electrons. The predicted octanol–water partition coefficient (Wildman–Crippen LogP) is 3.52. The van der Waals surface area contributed by atoms with Gasteiger partial charge < -0.3 is 10.1 Å². The number of aliphatic hydroxyl groups excluding tert-OH is 1. The number of rotatable bonds is 4. The summed E-state index contributed by atoms with van der Waals surface area (Å²) < 4.78 is 77.9. The van der Waals surface area contributed by atoms with Crippen LogP contribution in [0.5, 0.6) is 0 Å². The summed E-state index contributed by atoms with van der Waals surface area (Å²) in [5.41, 5.74) is -1.57. The number of fused-ring (bicyclic) bond motifs is 1. The molecule has 0 aliphatic rings. The smallest absolute Gasteiger partial charge is 0.383 e. The van der Waals surface area contributed by atoms with Crippen LogP contribution in [0.3, 0.4) is 0 Å². The van der Waals surface area contributed by atoms with Crippen molar-refractivity contribution in [3.8, 4) is 0 Å². The minimum atomic E-state index is -4.92. The quantitative estimate of drug-likeness (QED) is 0.616. The Morgan fingerprint density at radius 1 is 1.13 bits per heavy atom. The lowest BCUT2D eigenvalue weighted by atomic mass is 10.1. The molecule has 3 aromatic rings. The van der Waals surface area contributed by atoms with E-state index < -0.39 is 42.0 Å². The van der Waals surface area contributed by atoms with Gasteiger partial charge in [0, 0.05) is 6.42 Å². The van der Waals surface area contributed by atoms with E-state index in [4.69, 9.17) is 0 Å². The lowest BCUT2D eigenvalue weighted by molar-refractivity contribution is -0.203. The molecule has 2 unspecified atom stereocenters. The molecule has 2 heterocycles. The van der Waals surface area contributed by atoms with Crippen molar-refractivity contribution in [2.45, 2.75) is 44.8 Å². The van der Waals surface area contributed by atoms with E-state index in [1.165, 1.54) is 23.7 Å². The van der Waals surface area contributed by atoms with Gasteiger partial charge in [0.25, 0.3) is 5.56 Å². The number of aromatic nitrogens is 4. The fourth-order valence-electron chi connectivity index (χ4n) is 3.03. The zero-order valence-corrected chi connectivity index (χ0v) is 15.6. The van der Waals surface area contributed by atoms with Gasteiger partial charge in [-0.05, 0) is 31.5 Å². The minimum Gasteiger partial charge on any atom is -0.383 e. The van der Waals surface area contributed by atoms with Crippen molar-refractivity contribution in [3.05, 3.63) is 57.3 Å². The van der Waals surface area contributed by atoms with Gasteiger partial charge in [-0.15, -0.1) is 0 Å². The summed E-state index contributed by atoms with van der Waals surface area (Å²) in [5.74, 6) is 0.177. The summed E-state index contributed by atoms with van der Waals surface area (Å²) in [5, 5.41) is 13.2. The molecule has 0 bridgehead atoms. The second-order valence-corrected chi connectivity index (χ2v) is 6.80. The molecule has 30 heavy (non-hydrogen) atoms. The zero-order chi connectivity index (χ0) is 22.4. The van der Waals surface area contributed by atoms with Crippen LogP contribution in [0.2, 0.25) is 0 Å². The second-order valence-electron chi connectivity index (χ2n) is 6.80. The summed E-state index contributed by atoms with van der Waals surface area (Å²) in [7, 11) is 0. The van der Waals surface area contributed by atoms with Crippen molar-refractivity contribution in [2.24, 2.45) is 0 Å². The van der Waals surface area contributed by atoms with Crippen LogP contribution in [-0.4, -0.2) is 37.1 Å². The van der Waals surface area contributed by atoms with Crippen LogP contribution in [0.1, 0.15) is 35.6 Å². The molecule has 2 atom stereocenters. The molecule has 1 aromatic carbocycles. The number of aryl methyl sites for hydroxylation is 1. The molecular weight excluding hydrogens is 418 g/mol. The topological polar surface area (TPSA) is 83.8 Å². The fourth-order valence-corrected chi connectivity index (χ4v) is 3.03. The Hall–Kier alpha value is -2.89. The number of H-pyrrole nitrogens is 1. The van der Waals surface area contributed by atoms with Gasteiger partial charge in [-0.1, -0.05) is 12.1 Å². The third-order valence-corrected chi connectivity index (χ3v) is 4.60. The Labute approximate surface area is 165 Å². The molecule has 0 amide bonds. The Balaban J connectivity index is 2.10. The van der Waals surface area contributed by atoms with E-state index in [0.717, 1.165) is 12.1 Å². The second kappa shape index (κ2) is 7.42. The van der Waals surface area contributed by atoms with Crippen molar-refractivity contribution in [1.29, 1.82) is 0 Å². The van der Waals surface area contributed by atoms with Gasteiger partial charge in [-0.3, -0.25) is 4.79 Å². The Bertz CT molecular complexity index is 1120. The molecule has 2 aromatic heterocycles. The van der Waals surface area contributed by atoms with Gasteiger partial charge in [0.2, 0.25) is 0 Å². The number of alkyl halides is 6. The van der Waals surface area contributed by atoms with E-state index in [1.54, 1.807) is 6.92 Å². The lowest BCUT2D eigenvalue weighted by Gasteiger charge is -2.15. The van der Waals surface area contributed by atoms with Crippen LogP contribution >= 0.6 is 0 Å². The van der Waals surface area contributed by atoms with E-state index in [2.05, 4.69) is 15.1 Å². The SMILES string of the molecule is Cc1nc2c(c(CC(O)C(F)(F)F)nn2C(C)c2ccc(C(F)(F)F)cc2)c(=O)[nH]1. The van der Waals surface area contributed by atoms with Gasteiger partial charge in [0.15, 0.2) is 11.8 Å². The fraction of sp³-hybridized carbons (Fsp3) is 0.389.